The fraction of sp³-hybridized carbons (Fsp3) is 0.562. The number of unbranched alkanes of at least 4 members (excludes halogenated alkanes) is 3. The number of aryl methyl sites for hydroxylation is 1. The first-order chi connectivity index (χ1) is 11.4. The largest absolute Gasteiger partial charge is 0.471 e. The van der Waals surface area contributed by atoms with Gasteiger partial charge in [-0.3, -0.25) is 14.6 Å². The second-order valence-corrected chi connectivity index (χ2v) is 5.37. The average Bonchev–Trinajstić information content (AvgIpc) is 2.55. The number of amides is 2. The normalized spacial score (nSPS) is 11.1. The Kier molecular flexibility index (Phi) is 8.81. The van der Waals surface area contributed by atoms with E-state index in [-0.39, 0.29) is 12.5 Å². The van der Waals surface area contributed by atoms with Gasteiger partial charge in [-0.1, -0.05) is 12.8 Å². The smallest absolute Gasteiger partial charge is 0.356 e. The van der Waals surface area contributed by atoms with Gasteiger partial charge in [-0.15, -0.1) is 0 Å². The summed E-state index contributed by atoms with van der Waals surface area (Å²) in [6.07, 6.45) is 2.35. The van der Waals surface area contributed by atoms with E-state index in [9.17, 15) is 22.8 Å². The Morgan fingerprint density at radius 1 is 0.958 bits per heavy atom. The molecule has 24 heavy (non-hydrogen) atoms. The predicted molar refractivity (Wildman–Crippen MR) is 83.1 cm³/mol. The molecule has 0 aliphatic carbocycles. The van der Waals surface area contributed by atoms with Crippen molar-refractivity contribution in [2.24, 2.45) is 0 Å². The van der Waals surface area contributed by atoms with Crippen LogP contribution in [0.1, 0.15) is 37.7 Å². The molecule has 0 saturated carbocycles. The van der Waals surface area contributed by atoms with Gasteiger partial charge in [0.25, 0.3) is 0 Å². The molecular weight excluding hydrogens is 323 g/mol. The molecular formula is C16H22F3N3O2. The maximum Gasteiger partial charge on any atom is 0.471 e. The maximum atomic E-state index is 11.9. The quantitative estimate of drug-likeness (QED) is 0.640. The minimum absolute atomic E-state index is 0.0106. The molecule has 0 bridgehead atoms. The van der Waals surface area contributed by atoms with Crippen LogP contribution >= 0.6 is 0 Å². The summed E-state index contributed by atoms with van der Waals surface area (Å²) in [6, 6.07) is 3.73. The minimum atomic E-state index is -4.82. The van der Waals surface area contributed by atoms with E-state index in [1.807, 2.05) is 17.4 Å². The third kappa shape index (κ3) is 9.12. The standard InChI is InChI=1S/C16H22F3N3O2/c17-16(18,19)15(24)22-10-4-2-1-3-9-21-14(23)6-5-13-7-11-20-12-8-13/h7-8,11-12H,1-6,9-10H2,(H,21,23)(H,22,24). The Labute approximate surface area is 139 Å². The van der Waals surface area contributed by atoms with E-state index >= 15 is 0 Å². The predicted octanol–water partition coefficient (Wildman–Crippen LogP) is 2.37. The van der Waals surface area contributed by atoms with Crippen molar-refractivity contribution in [1.82, 2.24) is 15.6 Å². The summed E-state index contributed by atoms with van der Waals surface area (Å²) in [5, 5.41) is 4.63. The molecule has 134 valence electrons. The van der Waals surface area contributed by atoms with Gasteiger partial charge in [0.05, 0.1) is 0 Å². The van der Waals surface area contributed by atoms with Crippen molar-refractivity contribution >= 4 is 11.8 Å². The molecule has 2 amide bonds. The van der Waals surface area contributed by atoms with Crippen molar-refractivity contribution < 1.29 is 22.8 Å². The summed E-state index contributed by atoms with van der Waals surface area (Å²) in [6.45, 7) is 0.556. The van der Waals surface area contributed by atoms with Crippen LogP contribution in [0.3, 0.4) is 0 Å². The monoisotopic (exact) mass is 345 g/mol. The van der Waals surface area contributed by atoms with Crippen molar-refractivity contribution in [2.75, 3.05) is 13.1 Å². The summed E-state index contributed by atoms with van der Waals surface area (Å²) >= 11 is 0. The lowest BCUT2D eigenvalue weighted by Gasteiger charge is -2.08. The van der Waals surface area contributed by atoms with Crippen LogP contribution in [0.2, 0.25) is 0 Å². The number of hydrogen-bond acceptors (Lipinski definition) is 3. The molecule has 0 aliphatic rings. The van der Waals surface area contributed by atoms with Crippen LogP contribution in [-0.4, -0.2) is 36.1 Å². The van der Waals surface area contributed by atoms with Gasteiger partial charge in [-0.05, 0) is 37.0 Å². The Balaban J connectivity index is 1.95. The highest BCUT2D eigenvalue weighted by molar-refractivity contribution is 5.81. The molecule has 0 radical (unpaired) electrons. The fourth-order valence-electron chi connectivity index (χ4n) is 2.03. The number of alkyl halides is 3. The Hall–Kier alpha value is -2.12. The van der Waals surface area contributed by atoms with Gasteiger partial charge in [0.1, 0.15) is 0 Å². The van der Waals surface area contributed by atoms with Gasteiger partial charge in [-0.25, -0.2) is 0 Å². The van der Waals surface area contributed by atoms with Gasteiger partial charge in [0.15, 0.2) is 0 Å². The molecule has 1 aromatic rings. The molecule has 0 saturated heterocycles. The number of carbonyl (C=O) groups is 2. The average molecular weight is 345 g/mol. The van der Waals surface area contributed by atoms with Crippen molar-refractivity contribution in [3.63, 3.8) is 0 Å². The summed E-state index contributed by atoms with van der Waals surface area (Å²) in [7, 11) is 0. The van der Waals surface area contributed by atoms with Crippen LogP contribution in [0.4, 0.5) is 13.2 Å². The second-order valence-electron chi connectivity index (χ2n) is 5.37. The van der Waals surface area contributed by atoms with E-state index in [0.29, 0.717) is 32.2 Å². The van der Waals surface area contributed by atoms with E-state index in [4.69, 9.17) is 0 Å². The summed E-state index contributed by atoms with van der Waals surface area (Å²) in [4.78, 5) is 26.1. The lowest BCUT2D eigenvalue weighted by Crippen LogP contribution is -2.37. The van der Waals surface area contributed by atoms with Crippen LogP contribution in [0.15, 0.2) is 24.5 Å². The number of rotatable bonds is 10. The van der Waals surface area contributed by atoms with Crippen LogP contribution < -0.4 is 10.6 Å². The van der Waals surface area contributed by atoms with Crippen molar-refractivity contribution in [1.29, 1.82) is 0 Å². The topological polar surface area (TPSA) is 71.1 Å². The summed E-state index contributed by atoms with van der Waals surface area (Å²) < 4.78 is 35.7. The van der Waals surface area contributed by atoms with E-state index in [2.05, 4.69) is 10.3 Å². The van der Waals surface area contributed by atoms with E-state index < -0.39 is 12.1 Å². The molecule has 0 spiro atoms. The first-order valence-corrected chi connectivity index (χ1v) is 7.90. The van der Waals surface area contributed by atoms with E-state index in [1.165, 1.54) is 0 Å². The zero-order chi connectivity index (χ0) is 17.8. The van der Waals surface area contributed by atoms with E-state index in [1.54, 1.807) is 12.4 Å². The number of hydrogen-bond donors (Lipinski definition) is 2. The molecule has 0 aliphatic heterocycles. The zero-order valence-corrected chi connectivity index (χ0v) is 13.4. The molecule has 5 nitrogen and oxygen atoms in total. The first kappa shape index (κ1) is 19.9. The molecule has 0 fully saturated rings. The number of carbonyl (C=O) groups excluding carboxylic acids is 2. The molecule has 0 aromatic carbocycles. The first-order valence-electron chi connectivity index (χ1n) is 7.90. The summed E-state index contributed by atoms with van der Waals surface area (Å²) in [5.74, 6) is -1.92. The maximum absolute atomic E-state index is 11.9. The van der Waals surface area contributed by atoms with Crippen molar-refractivity contribution in [2.45, 2.75) is 44.7 Å². The Morgan fingerprint density at radius 3 is 2.12 bits per heavy atom. The Morgan fingerprint density at radius 2 is 1.54 bits per heavy atom. The van der Waals surface area contributed by atoms with Crippen molar-refractivity contribution in [3.05, 3.63) is 30.1 Å². The minimum Gasteiger partial charge on any atom is -0.356 e. The van der Waals surface area contributed by atoms with Crippen LogP contribution in [0, 0.1) is 0 Å². The highest BCUT2D eigenvalue weighted by Crippen LogP contribution is 2.14. The third-order valence-corrected chi connectivity index (χ3v) is 3.36. The van der Waals surface area contributed by atoms with E-state index in [0.717, 1.165) is 18.4 Å². The Bertz CT molecular complexity index is 507. The second kappa shape index (κ2) is 10.6. The highest BCUT2D eigenvalue weighted by Gasteiger charge is 2.38. The number of nitrogens with zero attached hydrogens (tertiary/aromatic N) is 1. The summed E-state index contributed by atoms with van der Waals surface area (Å²) in [5.41, 5.74) is 1.06. The van der Waals surface area contributed by atoms with Gasteiger partial charge in [-0.2, -0.15) is 13.2 Å². The van der Waals surface area contributed by atoms with Gasteiger partial charge < -0.3 is 10.6 Å². The zero-order valence-electron chi connectivity index (χ0n) is 13.4. The number of pyridine rings is 1. The van der Waals surface area contributed by atoms with Crippen LogP contribution in [0.25, 0.3) is 0 Å². The lowest BCUT2D eigenvalue weighted by molar-refractivity contribution is -0.173. The number of nitrogens with one attached hydrogen (secondary N) is 2. The van der Waals surface area contributed by atoms with Crippen molar-refractivity contribution in [3.8, 4) is 0 Å². The number of aromatic nitrogens is 1. The SMILES string of the molecule is O=C(CCc1ccncc1)NCCCCCCNC(=O)C(F)(F)F. The molecule has 2 N–H and O–H groups in total. The highest BCUT2D eigenvalue weighted by atomic mass is 19.4. The molecule has 1 aromatic heterocycles. The van der Waals surface area contributed by atoms with Crippen LogP contribution in [0.5, 0.6) is 0 Å². The van der Waals surface area contributed by atoms with Gasteiger partial charge in [0, 0.05) is 31.9 Å². The molecule has 1 heterocycles. The molecule has 0 atom stereocenters. The lowest BCUT2D eigenvalue weighted by atomic mass is 10.1. The van der Waals surface area contributed by atoms with Gasteiger partial charge in [0.2, 0.25) is 5.91 Å². The third-order valence-electron chi connectivity index (χ3n) is 3.36. The number of halogens is 3. The molecule has 1 rings (SSSR count). The molecule has 8 heteroatoms. The van der Waals surface area contributed by atoms with Gasteiger partial charge >= 0.3 is 12.1 Å². The molecule has 0 unspecified atom stereocenters. The van der Waals surface area contributed by atoms with Crippen LogP contribution in [-0.2, 0) is 16.0 Å². The fourth-order valence-corrected chi connectivity index (χ4v) is 2.03.